The van der Waals surface area contributed by atoms with Crippen molar-refractivity contribution in [3.8, 4) is 5.75 Å². The summed E-state index contributed by atoms with van der Waals surface area (Å²) in [4.78, 5) is 13.1. The number of benzene rings is 3. The molecule has 0 spiro atoms. The topological polar surface area (TPSA) is 75.7 Å². The van der Waals surface area contributed by atoms with Crippen LogP contribution in [-0.2, 0) is 21.4 Å². The molecular weight excluding hydrogens is 460 g/mol. The summed E-state index contributed by atoms with van der Waals surface area (Å²) >= 11 is 6.09. The molecule has 0 radical (unpaired) electrons. The highest BCUT2D eigenvalue weighted by Gasteiger charge is 2.27. The Hall–Kier alpha value is -2.87. The predicted molar refractivity (Wildman–Crippen MR) is 130 cm³/mol. The number of amides is 1. The Balaban J connectivity index is 1.85. The maximum atomic E-state index is 13.4. The molecule has 0 bridgehead atoms. The van der Waals surface area contributed by atoms with Gasteiger partial charge in [-0.1, -0.05) is 59.6 Å². The van der Waals surface area contributed by atoms with Gasteiger partial charge in [0.15, 0.2) is 0 Å². The first-order valence-electron chi connectivity index (χ1n) is 10.4. The molecular formula is C25H27ClN2O4S. The maximum Gasteiger partial charge on any atom is 0.243 e. The van der Waals surface area contributed by atoms with Crippen molar-refractivity contribution in [2.45, 2.75) is 31.3 Å². The minimum Gasteiger partial charge on any atom is -0.496 e. The number of ether oxygens (including phenoxy) is 1. The number of halogens is 1. The molecule has 0 unspecified atom stereocenters. The molecule has 3 aromatic rings. The number of nitrogens with zero attached hydrogens (tertiary/aromatic N) is 1. The molecule has 1 atom stereocenters. The fraction of sp³-hybridized carbons (Fsp3) is 0.240. The van der Waals surface area contributed by atoms with Gasteiger partial charge in [-0.15, -0.1) is 0 Å². The average molecular weight is 487 g/mol. The van der Waals surface area contributed by atoms with Gasteiger partial charge in [0.1, 0.15) is 5.75 Å². The number of hydrogen-bond donors (Lipinski definition) is 1. The smallest absolute Gasteiger partial charge is 0.243 e. The lowest BCUT2D eigenvalue weighted by Crippen LogP contribution is -2.41. The largest absolute Gasteiger partial charge is 0.496 e. The van der Waals surface area contributed by atoms with Crippen molar-refractivity contribution in [2.24, 2.45) is 0 Å². The summed E-state index contributed by atoms with van der Waals surface area (Å²) < 4.78 is 33.4. The normalized spacial score (nSPS) is 12.4. The van der Waals surface area contributed by atoms with Crippen LogP contribution in [0.25, 0.3) is 0 Å². The SMILES string of the molecule is COc1ccccc1[C@H](C)NC(=O)CN(Cc1cccc(Cl)c1)S(=O)(=O)c1ccc(C)cc1. The van der Waals surface area contributed by atoms with E-state index >= 15 is 0 Å². The fourth-order valence-corrected chi connectivity index (χ4v) is 5.07. The Labute approximate surface area is 200 Å². The van der Waals surface area contributed by atoms with Crippen LogP contribution in [0.4, 0.5) is 0 Å². The van der Waals surface area contributed by atoms with Crippen molar-refractivity contribution in [1.82, 2.24) is 9.62 Å². The molecule has 6 nitrogen and oxygen atoms in total. The minimum absolute atomic E-state index is 0.00717. The van der Waals surface area contributed by atoms with Crippen molar-refractivity contribution in [1.29, 1.82) is 0 Å². The Morgan fingerprint density at radius 3 is 2.42 bits per heavy atom. The van der Waals surface area contributed by atoms with Crippen LogP contribution in [0.1, 0.15) is 29.7 Å². The van der Waals surface area contributed by atoms with Crippen LogP contribution >= 0.6 is 11.6 Å². The van der Waals surface area contributed by atoms with Gasteiger partial charge in [-0.25, -0.2) is 8.42 Å². The van der Waals surface area contributed by atoms with E-state index in [0.29, 0.717) is 16.3 Å². The van der Waals surface area contributed by atoms with Crippen molar-refractivity contribution in [3.63, 3.8) is 0 Å². The zero-order chi connectivity index (χ0) is 24.0. The molecule has 0 aliphatic rings. The van der Waals surface area contributed by atoms with Gasteiger partial charge >= 0.3 is 0 Å². The molecule has 8 heteroatoms. The molecule has 0 saturated carbocycles. The van der Waals surface area contributed by atoms with E-state index in [0.717, 1.165) is 15.4 Å². The van der Waals surface area contributed by atoms with Gasteiger partial charge in [-0.2, -0.15) is 4.31 Å². The lowest BCUT2D eigenvalue weighted by atomic mass is 10.1. The Morgan fingerprint density at radius 2 is 1.76 bits per heavy atom. The van der Waals surface area contributed by atoms with E-state index in [4.69, 9.17) is 16.3 Å². The Morgan fingerprint density at radius 1 is 1.06 bits per heavy atom. The molecule has 0 aliphatic heterocycles. The predicted octanol–water partition coefficient (Wildman–Crippen LogP) is 4.73. The molecule has 3 rings (SSSR count). The second-order valence-electron chi connectivity index (χ2n) is 7.75. The molecule has 0 aromatic heterocycles. The zero-order valence-electron chi connectivity index (χ0n) is 18.8. The number of rotatable bonds is 9. The first kappa shape index (κ1) is 24.8. The van der Waals surface area contributed by atoms with Crippen LogP contribution < -0.4 is 10.1 Å². The van der Waals surface area contributed by atoms with Gasteiger partial charge < -0.3 is 10.1 Å². The van der Waals surface area contributed by atoms with E-state index in [-0.39, 0.29) is 24.0 Å². The van der Waals surface area contributed by atoms with E-state index in [1.54, 1.807) is 55.6 Å². The highest BCUT2D eigenvalue weighted by molar-refractivity contribution is 7.89. The van der Waals surface area contributed by atoms with Crippen LogP contribution in [0, 0.1) is 6.92 Å². The summed E-state index contributed by atoms with van der Waals surface area (Å²) in [6.07, 6.45) is 0. The Kier molecular flexibility index (Phi) is 8.13. The van der Waals surface area contributed by atoms with Crippen molar-refractivity contribution >= 4 is 27.5 Å². The van der Waals surface area contributed by atoms with Gasteiger partial charge in [-0.3, -0.25) is 4.79 Å². The molecule has 1 amide bonds. The van der Waals surface area contributed by atoms with Gasteiger partial charge in [0.05, 0.1) is 24.6 Å². The number of carbonyl (C=O) groups excluding carboxylic acids is 1. The molecule has 0 saturated heterocycles. The molecule has 1 N–H and O–H groups in total. The van der Waals surface area contributed by atoms with Gasteiger partial charge in [0.2, 0.25) is 15.9 Å². The number of hydrogen-bond acceptors (Lipinski definition) is 4. The zero-order valence-corrected chi connectivity index (χ0v) is 20.4. The summed E-state index contributed by atoms with van der Waals surface area (Å²) in [6, 6.07) is 20.5. The summed E-state index contributed by atoms with van der Waals surface area (Å²) in [5.41, 5.74) is 2.43. The Bertz CT molecular complexity index is 1210. The first-order chi connectivity index (χ1) is 15.7. The molecule has 0 heterocycles. The molecule has 33 heavy (non-hydrogen) atoms. The first-order valence-corrected chi connectivity index (χ1v) is 12.3. The van der Waals surface area contributed by atoms with Crippen molar-refractivity contribution in [2.75, 3.05) is 13.7 Å². The summed E-state index contributed by atoms with van der Waals surface area (Å²) in [5.74, 6) is 0.222. The monoisotopic (exact) mass is 486 g/mol. The van der Waals surface area contributed by atoms with Crippen LogP contribution in [0.15, 0.2) is 77.7 Å². The number of nitrogens with one attached hydrogen (secondary N) is 1. The van der Waals surface area contributed by atoms with E-state index in [1.807, 2.05) is 38.1 Å². The van der Waals surface area contributed by atoms with E-state index in [1.165, 1.54) is 0 Å². The fourth-order valence-electron chi connectivity index (χ4n) is 3.47. The van der Waals surface area contributed by atoms with Crippen molar-refractivity contribution < 1.29 is 17.9 Å². The number of para-hydroxylation sites is 1. The second-order valence-corrected chi connectivity index (χ2v) is 10.1. The van der Waals surface area contributed by atoms with Gasteiger partial charge in [0, 0.05) is 17.1 Å². The van der Waals surface area contributed by atoms with Crippen LogP contribution in [0.2, 0.25) is 5.02 Å². The van der Waals surface area contributed by atoms with E-state index in [9.17, 15) is 13.2 Å². The lowest BCUT2D eigenvalue weighted by molar-refractivity contribution is -0.122. The van der Waals surface area contributed by atoms with E-state index < -0.39 is 15.9 Å². The van der Waals surface area contributed by atoms with Gasteiger partial charge in [0.25, 0.3) is 0 Å². The second kappa shape index (κ2) is 10.8. The third-order valence-corrected chi connectivity index (χ3v) is 7.25. The number of aryl methyl sites for hydroxylation is 1. The quantitative estimate of drug-likeness (QED) is 0.474. The number of sulfonamides is 1. The molecule has 3 aromatic carbocycles. The third kappa shape index (κ3) is 6.35. The summed E-state index contributed by atoms with van der Waals surface area (Å²) in [5, 5.41) is 3.37. The van der Waals surface area contributed by atoms with Crippen LogP contribution in [0.3, 0.4) is 0 Å². The lowest BCUT2D eigenvalue weighted by Gasteiger charge is -2.24. The summed E-state index contributed by atoms with van der Waals surface area (Å²) in [7, 11) is -2.37. The summed E-state index contributed by atoms with van der Waals surface area (Å²) in [6.45, 7) is 3.37. The number of carbonyl (C=O) groups is 1. The van der Waals surface area contributed by atoms with Crippen molar-refractivity contribution in [3.05, 3.63) is 94.5 Å². The van der Waals surface area contributed by atoms with Gasteiger partial charge in [-0.05, 0) is 49.7 Å². The third-order valence-electron chi connectivity index (χ3n) is 5.21. The minimum atomic E-state index is -3.93. The highest BCUT2D eigenvalue weighted by Crippen LogP contribution is 2.25. The number of methoxy groups -OCH3 is 1. The van der Waals surface area contributed by atoms with Crippen LogP contribution in [-0.4, -0.2) is 32.3 Å². The van der Waals surface area contributed by atoms with Crippen LogP contribution in [0.5, 0.6) is 5.75 Å². The average Bonchev–Trinajstić information content (AvgIpc) is 2.79. The molecule has 0 aliphatic carbocycles. The maximum absolute atomic E-state index is 13.4. The van der Waals surface area contributed by atoms with E-state index in [2.05, 4.69) is 5.32 Å². The highest BCUT2D eigenvalue weighted by atomic mass is 35.5. The standard InChI is InChI=1S/C25H27ClN2O4S/c1-18-11-13-22(14-12-18)33(30,31)28(16-20-7-6-8-21(26)15-20)17-25(29)27-19(2)23-9-4-5-10-24(23)32-3/h4-15,19H,16-17H2,1-3H3,(H,27,29)/t19-/m0/s1. The molecule has 0 fully saturated rings. The molecule has 174 valence electrons.